The molecule has 2 aliphatic heterocycles. The van der Waals surface area contributed by atoms with Gasteiger partial charge in [0.05, 0.1) is 11.5 Å². The second-order valence-corrected chi connectivity index (χ2v) is 7.64. The fourth-order valence-electron chi connectivity index (χ4n) is 3.37. The first-order valence-corrected chi connectivity index (χ1v) is 10.1. The number of likely N-dealkylation sites (tertiary alicyclic amines) is 2. The maximum Gasteiger partial charge on any atom is 0.232 e. The predicted octanol–water partition coefficient (Wildman–Crippen LogP) is 2.00. The van der Waals surface area contributed by atoms with Crippen LogP contribution in [0.4, 0.5) is 0 Å². The first kappa shape index (κ1) is 21.6. The van der Waals surface area contributed by atoms with Crippen LogP contribution in [0.25, 0.3) is 0 Å². The molecule has 0 aliphatic carbocycles. The summed E-state index contributed by atoms with van der Waals surface area (Å²) in [6.07, 6.45) is 6.92. The van der Waals surface area contributed by atoms with Crippen LogP contribution in [-0.4, -0.2) is 72.9 Å². The molecule has 2 saturated heterocycles. The molecular formula is C17H32ClN3O2S. The zero-order chi connectivity index (χ0) is 16.5. The Kier molecular flexibility index (Phi) is 10.8. The topological polar surface area (TPSA) is 52.7 Å². The van der Waals surface area contributed by atoms with Gasteiger partial charge in [-0.25, -0.2) is 0 Å². The molecular weight excluding hydrogens is 346 g/mol. The van der Waals surface area contributed by atoms with Crippen molar-refractivity contribution >= 4 is 36.0 Å². The van der Waals surface area contributed by atoms with Crippen molar-refractivity contribution in [2.75, 3.05) is 51.3 Å². The Bertz CT molecular complexity index is 384. The summed E-state index contributed by atoms with van der Waals surface area (Å²) in [7, 11) is 1.99. The fourth-order valence-corrected chi connectivity index (χ4v) is 4.19. The van der Waals surface area contributed by atoms with Gasteiger partial charge in [-0.2, -0.15) is 0 Å². The number of rotatable bonds is 7. The van der Waals surface area contributed by atoms with Gasteiger partial charge in [-0.05, 0) is 58.0 Å². The van der Waals surface area contributed by atoms with Gasteiger partial charge in [0, 0.05) is 26.2 Å². The molecule has 2 fully saturated rings. The quantitative estimate of drug-likeness (QED) is 0.737. The van der Waals surface area contributed by atoms with Crippen molar-refractivity contribution in [3.8, 4) is 0 Å². The van der Waals surface area contributed by atoms with Crippen LogP contribution >= 0.6 is 24.2 Å². The highest BCUT2D eigenvalue weighted by Crippen LogP contribution is 2.21. The lowest BCUT2D eigenvalue weighted by Gasteiger charge is -2.32. The van der Waals surface area contributed by atoms with Crippen LogP contribution in [0.15, 0.2) is 0 Å². The van der Waals surface area contributed by atoms with Crippen molar-refractivity contribution in [2.45, 2.75) is 38.5 Å². The summed E-state index contributed by atoms with van der Waals surface area (Å²) >= 11 is 1.48. The number of hydrogen-bond donors (Lipinski definition) is 1. The minimum Gasteiger partial charge on any atom is -0.342 e. The van der Waals surface area contributed by atoms with E-state index in [0.717, 1.165) is 64.3 Å². The molecule has 24 heavy (non-hydrogen) atoms. The number of carbonyl (C=O) groups is 2. The van der Waals surface area contributed by atoms with Gasteiger partial charge in [-0.3, -0.25) is 9.59 Å². The van der Waals surface area contributed by atoms with Gasteiger partial charge in [0.25, 0.3) is 0 Å². The summed E-state index contributed by atoms with van der Waals surface area (Å²) < 4.78 is 0. The third-order valence-electron chi connectivity index (χ3n) is 4.93. The first-order chi connectivity index (χ1) is 11.2. The molecule has 1 N–H and O–H groups in total. The van der Waals surface area contributed by atoms with Crippen LogP contribution in [0.5, 0.6) is 0 Å². The molecule has 0 radical (unpaired) electrons. The molecule has 2 amide bonds. The smallest absolute Gasteiger partial charge is 0.232 e. The summed E-state index contributed by atoms with van der Waals surface area (Å²) in [5, 5.41) is 3.19. The Morgan fingerprint density at radius 3 is 2.04 bits per heavy atom. The van der Waals surface area contributed by atoms with E-state index < -0.39 is 0 Å². The normalized spacial score (nSPS) is 19.0. The van der Waals surface area contributed by atoms with Crippen LogP contribution in [0.1, 0.15) is 38.5 Å². The zero-order valence-corrected chi connectivity index (χ0v) is 16.4. The Morgan fingerprint density at radius 1 is 0.958 bits per heavy atom. The molecule has 0 aromatic heterocycles. The lowest BCUT2D eigenvalue weighted by Crippen LogP contribution is -2.40. The molecule has 140 valence electrons. The third-order valence-corrected chi connectivity index (χ3v) is 5.83. The van der Waals surface area contributed by atoms with Crippen LogP contribution < -0.4 is 5.32 Å². The van der Waals surface area contributed by atoms with Crippen molar-refractivity contribution in [3.05, 3.63) is 0 Å². The van der Waals surface area contributed by atoms with E-state index in [0.29, 0.717) is 11.5 Å². The van der Waals surface area contributed by atoms with Crippen molar-refractivity contribution in [2.24, 2.45) is 5.92 Å². The molecule has 0 atom stereocenters. The number of carbonyl (C=O) groups excluding carboxylic acids is 2. The van der Waals surface area contributed by atoms with E-state index in [9.17, 15) is 9.59 Å². The van der Waals surface area contributed by atoms with E-state index in [1.54, 1.807) is 0 Å². The van der Waals surface area contributed by atoms with E-state index in [2.05, 4.69) is 5.32 Å². The van der Waals surface area contributed by atoms with Crippen molar-refractivity contribution < 1.29 is 9.59 Å². The summed E-state index contributed by atoms with van der Waals surface area (Å²) in [4.78, 5) is 28.3. The Morgan fingerprint density at radius 2 is 1.50 bits per heavy atom. The molecule has 7 heteroatoms. The number of piperidine rings is 2. The first-order valence-electron chi connectivity index (χ1n) is 8.98. The van der Waals surface area contributed by atoms with E-state index in [1.807, 2.05) is 16.8 Å². The largest absolute Gasteiger partial charge is 0.342 e. The monoisotopic (exact) mass is 377 g/mol. The Hall–Kier alpha value is -0.460. The zero-order valence-electron chi connectivity index (χ0n) is 14.8. The Balaban J connectivity index is 0.00000288. The highest BCUT2D eigenvalue weighted by atomic mass is 35.5. The van der Waals surface area contributed by atoms with Crippen molar-refractivity contribution in [1.82, 2.24) is 15.1 Å². The van der Waals surface area contributed by atoms with Gasteiger partial charge in [0.2, 0.25) is 11.8 Å². The molecule has 2 aliphatic rings. The second kappa shape index (κ2) is 12.0. The molecule has 0 spiro atoms. The van der Waals surface area contributed by atoms with E-state index in [4.69, 9.17) is 0 Å². The summed E-state index contributed by atoms with van der Waals surface area (Å²) in [5.41, 5.74) is 0. The average molecular weight is 378 g/mol. The average Bonchev–Trinajstić information content (AvgIpc) is 2.61. The number of halogens is 1. The second-order valence-electron chi connectivity index (χ2n) is 6.65. The molecule has 0 saturated carbocycles. The third kappa shape index (κ3) is 7.19. The number of hydrogen-bond acceptors (Lipinski definition) is 4. The van der Waals surface area contributed by atoms with Crippen molar-refractivity contribution in [1.29, 1.82) is 0 Å². The summed E-state index contributed by atoms with van der Waals surface area (Å²) in [6, 6.07) is 0. The predicted molar refractivity (Wildman–Crippen MR) is 103 cm³/mol. The van der Waals surface area contributed by atoms with Gasteiger partial charge < -0.3 is 15.1 Å². The fraction of sp³-hybridized carbons (Fsp3) is 0.882. The number of nitrogens with one attached hydrogen (secondary N) is 1. The van der Waals surface area contributed by atoms with E-state index in [1.165, 1.54) is 24.6 Å². The highest BCUT2D eigenvalue weighted by Gasteiger charge is 2.23. The van der Waals surface area contributed by atoms with Gasteiger partial charge in [-0.15, -0.1) is 24.2 Å². The van der Waals surface area contributed by atoms with Gasteiger partial charge in [-0.1, -0.05) is 0 Å². The summed E-state index contributed by atoms with van der Waals surface area (Å²) in [5.74, 6) is 2.05. The van der Waals surface area contributed by atoms with Crippen LogP contribution in [0, 0.1) is 5.92 Å². The lowest BCUT2D eigenvalue weighted by molar-refractivity contribution is -0.129. The maximum absolute atomic E-state index is 12.2. The standard InChI is InChI=1S/C17H31N3O2S.ClH/c1-18-8-5-15-6-11-20(12-7-15)17(22)14-23-13-16(21)19-9-3-2-4-10-19;/h15,18H,2-14H2,1H3;1H. The molecule has 0 aromatic rings. The van der Waals surface area contributed by atoms with Gasteiger partial charge in [0.1, 0.15) is 0 Å². The minimum atomic E-state index is 0. The van der Waals surface area contributed by atoms with Crippen LogP contribution in [0.2, 0.25) is 0 Å². The lowest BCUT2D eigenvalue weighted by atomic mass is 9.93. The molecule has 2 heterocycles. The molecule has 0 bridgehead atoms. The number of nitrogens with zero attached hydrogens (tertiary/aromatic N) is 2. The van der Waals surface area contributed by atoms with Crippen LogP contribution in [-0.2, 0) is 9.59 Å². The van der Waals surface area contributed by atoms with Gasteiger partial charge >= 0.3 is 0 Å². The summed E-state index contributed by atoms with van der Waals surface area (Å²) in [6.45, 7) is 4.62. The molecule has 5 nitrogen and oxygen atoms in total. The highest BCUT2D eigenvalue weighted by molar-refractivity contribution is 8.00. The SMILES string of the molecule is CNCCC1CCN(C(=O)CSCC(=O)N2CCCCC2)CC1.Cl. The van der Waals surface area contributed by atoms with Gasteiger partial charge in [0.15, 0.2) is 0 Å². The van der Waals surface area contributed by atoms with Crippen LogP contribution in [0.3, 0.4) is 0 Å². The molecule has 0 aromatic carbocycles. The minimum absolute atomic E-state index is 0. The Labute approximate surface area is 156 Å². The van der Waals surface area contributed by atoms with Crippen molar-refractivity contribution in [3.63, 3.8) is 0 Å². The number of amides is 2. The number of thioether (sulfide) groups is 1. The van der Waals surface area contributed by atoms with E-state index >= 15 is 0 Å². The van der Waals surface area contributed by atoms with E-state index in [-0.39, 0.29) is 24.2 Å². The molecule has 0 unspecified atom stereocenters. The maximum atomic E-state index is 12.2. The molecule has 2 rings (SSSR count).